The lowest BCUT2D eigenvalue weighted by Gasteiger charge is -2.41. The van der Waals surface area contributed by atoms with Gasteiger partial charge in [0.2, 0.25) is 0 Å². The van der Waals surface area contributed by atoms with Gasteiger partial charge in [-0.3, -0.25) is 4.90 Å². The molecule has 2 atom stereocenters. The number of nitrogens with one attached hydrogen (secondary N) is 1. The molecule has 1 rings (SSSR count). The van der Waals surface area contributed by atoms with Crippen LogP contribution in [0.5, 0.6) is 0 Å². The van der Waals surface area contributed by atoms with Crippen LogP contribution in [0.1, 0.15) is 72.6 Å². The summed E-state index contributed by atoms with van der Waals surface area (Å²) in [7, 11) is 0. The Morgan fingerprint density at radius 1 is 1.11 bits per heavy atom. The molecule has 0 spiro atoms. The number of piperazine rings is 1. The summed E-state index contributed by atoms with van der Waals surface area (Å²) in [5.41, 5.74) is 0. The van der Waals surface area contributed by atoms with Crippen LogP contribution in [-0.4, -0.2) is 36.6 Å². The molecule has 0 aliphatic carbocycles. The van der Waals surface area contributed by atoms with E-state index in [9.17, 15) is 0 Å². The van der Waals surface area contributed by atoms with E-state index in [1.165, 1.54) is 64.6 Å². The van der Waals surface area contributed by atoms with E-state index in [-0.39, 0.29) is 0 Å². The molecule has 114 valence electrons. The first-order valence-corrected chi connectivity index (χ1v) is 8.64. The minimum absolute atomic E-state index is 0.736. The van der Waals surface area contributed by atoms with Gasteiger partial charge in [0.25, 0.3) is 0 Å². The molecule has 0 aromatic carbocycles. The van der Waals surface area contributed by atoms with Gasteiger partial charge in [-0.25, -0.2) is 0 Å². The Morgan fingerprint density at radius 3 is 2.53 bits per heavy atom. The van der Waals surface area contributed by atoms with Crippen molar-refractivity contribution < 1.29 is 0 Å². The summed E-state index contributed by atoms with van der Waals surface area (Å²) in [6, 6.07) is 1.51. The molecule has 2 nitrogen and oxygen atoms in total. The van der Waals surface area contributed by atoms with Crippen LogP contribution in [-0.2, 0) is 0 Å². The van der Waals surface area contributed by atoms with E-state index < -0.39 is 0 Å². The zero-order chi connectivity index (χ0) is 14.1. The van der Waals surface area contributed by atoms with E-state index in [2.05, 4.69) is 37.9 Å². The summed E-state index contributed by atoms with van der Waals surface area (Å²) < 4.78 is 0. The van der Waals surface area contributed by atoms with Crippen LogP contribution in [0, 0.1) is 5.92 Å². The fourth-order valence-corrected chi connectivity index (χ4v) is 3.26. The molecule has 1 aliphatic rings. The Hall–Kier alpha value is -0.0800. The largest absolute Gasteiger partial charge is 0.311 e. The van der Waals surface area contributed by atoms with Gasteiger partial charge in [-0.1, -0.05) is 53.4 Å². The molecule has 1 saturated heterocycles. The van der Waals surface area contributed by atoms with Gasteiger partial charge in [-0.15, -0.1) is 0 Å². The first-order chi connectivity index (χ1) is 9.17. The molecule has 2 heteroatoms. The van der Waals surface area contributed by atoms with Crippen molar-refractivity contribution in [1.29, 1.82) is 0 Å². The van der Waals surface area contributed by atoms with Crippen LogP contribution in [0.25, 0.3) is 0 Å². The van der Waals surface area contributed by atoms with Gasteiger partial charge in [0, 0.05) is 25.2 Å². The Labute approximate surface area is 121 Å². The standard InChI is InChI=1S/C17H36N2/c1-5-7-8-9-11-19-14-16(10-6-2)18-13-17(19)12-15(3)4/h15-18H,5-14H2,1-4H3. The van der Waals surface area contributed by atoms with Gasteiger partial charge in [-0.05, 0) is 31.7 Å². The first kappa shape index (κ1) is 17.0. The summed E-state index contributed by atoms with van der Waals surface area (Å²) in [6.07, 6.45) is 9.53. The van der Waals surface area contributed by atoms with Gasteiger partial charge in [-0.2, -0.15) is 0 Å². The highest BCUT2D eigenvalue weighted by Crippen LogP contribution is 2.18. The highest BCUT2D eigenvalue weighted by molar-refractivity contribution is 4.86. The monoisotopic (exact) mass is 268 g/mol. The molecule has 1 N–H and O–H groups in total. The van der Waals surface area contributed by atoms with Crippen molar-refractivity contribution in [2.24, 2.45) is 5.92 Å². The minimum Gasteiger partial charge on any atom is -0.311 e. The van der Waals surface area contributed by atoms with E-state index in [4.69, 9.17) is 0 Å². The summed E-state index contributed by atoms with van der Waals surface area (Å²) in [5.74, 6) is 0.813. The number of unbranched alkanes of at least 4 members (excludes halogenated alkanes) is 3. The Kier molecular flexibility index (Phi) is 8.72. The molecule has 0 radical (unpaired) electrons. The van der Waals surface area contributed by atoms with Crippen molar-refractivity contribution in [2.45, 2.75) is 84.7 Å². The maximum Gasteiger partial charge on any atom is 0.0223 e. The number of hydrogen-bond acceptors (Lipinski definition) is 2. The fourth-order valence-electron chi connectivity index (χ4n) is 3.26. The van der Waals surface area contributed by atoms with Gasteiger partial charge in [0.05, 0.1) is 0 Å². The van der Waals surface area contributed by atoms with Crippen molar-refractivity contribution >= 4 is 0 Å². The Bertz CT molecular complexity index is 215. The zero-order valence-corrected chi connectivity index (χ0v) is 13.8. The predicted molar refractivity (Wildman–Crippen MR) is 85.7 cm³/mol. The van der Waals surface area contributed by atoms with Crippen molar-refractivity contribution in [3.05, 3.63) is 0 Å². The molecule has 0 saturated carbocycles. The van der Waals surface area contributed by atoms with Gasteiger partial charge >= 0.3 is 0 Å². The molecule has 0 amide bonds. The average molecular weight is 268 g/mol. The van der Waals surface area contributed by atoms with E-state index in [0.717, 1.165) is 18.0 Å². The van der Waals surface area contributed by atoms with Crippen LogP contribution in [0.2, 0.25) is 0 Å². The maximum atomic E-state index is 3.77. The van der Waals surface area contributed by atoms with Crippen molar-refractivity contribution in [3.63, 3.8) is 0 Å². The van der Waals surface area contributed by atoms with Gasteiger partial charge < -0.3 is 5.32 Å². The first-order valence-electron chi connectivity index (χ1n) is 8.64. The van der Waals surface area contributed by atoms with E-state index in [0.29, 0.717) is 0 Å². The highest BCUT2D eigenvalue weighted by atomic mass is 15.2. The summed E-state index contributed by atoms with van der Waals surface area (Å²) in [4.78, 5) is 2.78. The average Bonchev–Trinajstić information content (AvgIpc) is 2.37. The normalized spacial score (nSPS) is 25.1. The number of rotatable bonds is 9. The van der Waals surface area contributed by atoms with Gasteiger partial charge in [0.1, 0.15) is 0 Å². The van der Waals surface area contributed by atoms with Crippen molar-refractivity contribution in [3.8, 4) is 0 Å². The SMILES string of the molecule is CCCCCCN1CC(CCC)NCC1CC(C)C. The fraction of sp³-hybridized carbons (Fsp3) is 1.00. The van der Waals surface area contributed by atoms with Crippen LogP contribution in [0.15, 0.2) is 0 Å². The summed E-state index contributed by atoms with van der Waals surface area (Å²) in [6.45, 7) is 13.1. The highest BCUT2D eigenvalue weighted by Gasteiger charge is 2.27. The smallest absolute Gasteiger partial charge is 0.0223 e. The lowest BCUT2D eigenvalue weighted by Crippen LogP contribution is -2.56. The van der Waals surface area contributed by atoms with Crippen molar-refractivity contribution in [2.75, 3.05) is 19.6 Å². The molecule has 1 aliphatic heterocycles. The van der Waals surface area contributed by atoms with Crippen LogP contribution in [0.4, 0.5) is 0 Å². The predicted octanol–water partition coefficient (Wildman–Crippen LogP) is 4.06. The third-order valence-electron chi connectivity index (χ3n) is 4.29. The maximum absolute atomic E-state index is 3.77. The molecule has 19 heavy (non-hydrogen) atoms. The second-order valence-corrected chi connectivity index (χ2v) is 6.73. The van der Waals surface area contributed by atoms with E-state index in [1.54, 1.807) is 0 Å². The second-order valence-electron chi connectivity index (χ2n) is 6.73. The third-order valence-corrected chi connectivity index (χ3v) is 4.29. The summed E-state index contributed by atoms with van der Waals surface area (Å²) >= 11 is 0. The molecular weight excluding hydrogens is 232 g/mol. The molecule has 0 aromatic heterocycles. The molecule has 0 aromatic rings. The summed E-state index contributed by atoms with van der Waals surface area (Å²) in [5, 5.41) is 3.77. The third kappa shape index (κ3) is 6.76. The molecule has 0 bridgehead atoms. The zero-order valence-electron chi connectivity index (χ0n) is 13.8. The minimum atomic E-state index is 0.736. The van der Waals surface area contributed by atoms with E-state index in [1.807, 2.05) is 0 Å². The van der Waals surface area contributed by atoms with Crippen molar-refractivity contribution in [1.82, 2.24) is 10.2 Å². The lowest BCUT2D eigenvalue weighted by molar-refractivity contribution is 0.109. The van der Waals surface area contributed by atoms with Gasteiger partial charge in [0.15, 0.2) is 0 Å². The topological polar surface area (TPSA) is 15.3 Å². The second kappa shape index (κ2) is 9.77. The molecule has 2 unspecified atom stereocenters. The van der Waals surface area contributed by atoms with Crippen LogP contribution in [0.3, 0.4) is 0 Å². The Balaban J connectivity index is 2.40. The molecule has 1 heterocycles. The quantitative estimate of drug-likeness (QED) is 0.635. The molecule has 1 fully saturated rings. The Morgan fingerprint density at radius 2 is 1.89 bits per heavy atom. The van der Waals surface area contributed by atoms with Crippen LogP contribution >= 0.6 is 0 Å². The number of nitrogens with zero attached hydrogens (tertiary/aromatic N) is 1. The lowest BCUT2D eigenvalue weighted by atomic mass is 9.97. The molecular formula is C17H36N2. The number of hydrogen-bond donors (Lipinski definition) is 1. The van der Waals surface area contributed by atoms with Crippen LogP contribution < -0.4 is 5.32 Å². The van der Waals surface area contributed by atoms with E-state index >= 15 is 0 Å².